The Bertz CT molecular complexity index is 2340. The largest absolute Gasteiger partial charge is 0.512 e. The summed E-state index contributed by atoms with van der Waals surface area (Å²) in [6, 6.07) is 23.1. The van der Waals surface area contributed by atoms with Crippen LogP contribution in [-0.2, 0) is 36.7 Å². The van der Waals surface area contributed by atoms with Crippen molar-refractivity contribution in [2.24, 2.45) is 16.7 Å². The number of aliphatic hydroxyl groups excluding tert-OH is 1. The van der Waals surface area contributed by atoms with Gasteiger partial charge in [0.05, 0.1) is 6.26 Å². The third kappa shape index (κ3) is 9.08. The van der Waals surface area contributed by atoms with Gasteiger partial charge in [0.25, 0.3) is 0 Å². The molecular formula is C50H62IrNO4-. The van der Waals surface area contributed by atoms with Crippen molar-refractivity contribution in [2.75, 3.05) is 0 Å². The second-order valence-corrected chi connectivity index (χ2v) is 17.4. The molecule has 3 aromatic carbocycles. The Labute approximate surface area is 348 Å². The number of furan rings is 2. The van der Waals surface area contributed by atoms with Gasteiger partial charge in [-0.25, -0.2) is 0 Å². The van der Waals surface area contributed by atoms with E-state index in [4.69, 9.17) is 13.8 Å². The van der Waals surface area contributed by atoms with Crippen LogP contribution in [0.5, 0.6) is 0 Å². The van der Waals surface area contributed by atoms with Crippen molar-refractivity contribution in [1.29, 1.82) is 0 Å². The number of allylic oxidation sites excluding steroid dienone is 2. The van der Waals surface area contributed by atoms with Gasteiger partial charge in [0.15, 0.2) is 11.4 Å². The molecule has 0 bridgehead atoms. The number of nitrogens with zero attached hydrogens (tertiary/aromatic N) is 1. The number of carbonyl (C=O) groups is 1. The van der Waals surface area contributed by atoms with E-state index in [2.05, 4.69) is 109 Å². The zero-order valence-electron chi connectivity index (χ0n) is 35.9. The van der Waals surface area contributed by atoms with E-state index in [1.165, 1.54) is 28.0 Å². The number of hydrogen-bond acceptors (Lipinski definition) is 5. The zero-order valence-corrected chi connectivity index (χ0v) is 38.3. The molecule has 3 aromatic heterocycles. The minimum atomic E-state index is -0.337. The van der Waals surface area contributed by atoms with Crippen LogP contribution in [-0.4, -0.2) is 15.9 Å². The first-order valence-electron chi connectivity index (χ1n) is 20.2. The molecule has 1 radical (unpaired) electrons. The van der Waals surface area contributed by atoms with Crippen LogP contribution in [0.1, 0.15) is 124 Å². The fraction of sp³-hybridized carbons (Fsp3) is 0.440. The van der Waals surface area contributed by atoms with E-state index in [-0.39, 0.29) is 47.9 Å². The summed E-state index contributed by atoms with van der Waals surface area (Å²) in [6.07, 6.45) is 7.55. The average molecular weight is 933 g/mol. The van der Waals surface area contributed by atoms with Gasteiger partial charge in [0.1, 0.15) is 22.6 Å². The summed E-state index contributed by atoms with van der Waals surface area (Å²) in [6.45, 7) is 27.5. The number of aryl methyl sites for hydroxylation is 2. The Morgan fingerprint density at radius 3 is 2.12 bits per heavy atom. The smallest absolute Gasteiger partial charge is 0.164 e. The van der Waals surface area contributed by atoms with Crippen molar-refractivity contribution < 1.29 is 38.8 Å². The Morgan fingerprint density at radius 2 is 1.52 bits per heavy atom. The van der Waals surface area contributed by atoms with E-state index in [0.717, 1.165) is 87.9 Å². The van der Waals surface area contributed by atoms with Gasteiger partial charge in [-0.05, 0) is 75.0 Å². The number of pyridine rings is 1. The van der Waals surface area contributed by atoms with E-state index in [1.807, 2.05) is 41.5 Å². The van der Waals surface area contributed by atoms with E-state index in [9.17, 15) is 9.90 Å². The molecule has 0 aliphatic carbocycles. The molecule has 1 N–H and O–H groups in total. The van der Waals surface area contributed by atoms with Gasteiger partial charge in [-0.2, -0.15) is 0 Å². The van der Waals surface area contributed by atoms with Crippen molar-refractivity contribution in [1.82, 2.24) is 4.98 Å². The monoisotopic (exact) mass is 933 g/mol. The molecule has 0 saturated heterocycles. The molecule has 0 atom stereocenters. The van der Waals surface area contributed by atoms with Gasteiger partial charge in [0, 0.05) is 64.8 Å². The number of aliphatic hydroxyl groups is 1. The maximum absolute atomic E-state index is 12.2. The predicted octanol–water partition coefficient (Wildman–Crippen LogP) is 14.6. The quantitative estimate of drug-likeness (QED) is 0.0796. The molecule has 6 rings (SSSR count). The molecular weight excluding hydrogens is 871 g/mol. The van der Waals surface area contributed by atoms with E-state index in [1.54, 1.807) is 6.26 Å². The Balaban J connectivity index is 0.000000330. The number of hydrogen-bond donors (Lipinski definition) is 1. The van der Waals surface area contributed by atoms with Crippen LogP contribution in [0.4, 0.5) is 0 Å². The van der Waals surface area contributed by atoms with Crippen LogP contribution in [0.3, 0.4) is 0 Å². The van der Waals surface area contributed by atoms with Gasteiger partial charge in [0.2, 0.25) is 0 Å². The zero-order chi connectivity index (χ0) is 40.5. The molecule has 56 heavy (non-hydrogen) atoms. The molecule has 0 saturated carbocycles. The number of ketones is 1. The minimum absolute atomic E-state index is 0. The molecule has 0 aliphatic heterocycles. The fourth-order valence-electron chi connectivity index (χ4n) is 7.25. The molecule has 0 fully saturated rings. The van der Waals surface area contributed by atoms with E-state index < -0.39 is 0 Å². The Hall–Kier alpha value is -3.99. The summed E-state index contributed by atoms with van der Waals surface area (Å²) < 4.78 is 12.2. The number of fused-ring (bicyclic) bond motifs is 3. The van der Waals surface area contributed by atoms with Crippen molar-refractivity contribution in [2.45, 2.75) is 128 Å². The standard InChI is InChI=1S/C35H34NO2.C15H28O2.Ir/c1-20(2)14-27-22(4)38-32-13-12-24(16-29(27)32)28-18-31(36-33-21(3)19-37-34(28)33)25-15-23-10-8-9-11-26(23)30(17-25)35(5,6)7;1-7-14(5,8-2)12(16)11-13(17)15(6,9-3)10-4;/h8-13,16-20H,14H2,1-7H3;11,16H,7-10H2,1-6H3;/q-1;;/b;12-11-;. The number of carbonyl (C=O) groups excluding carboxylic acids is 1. The van der Waals surface area contributed by atoms with Crippen molar-refractivity contribution in [3.8, 4) is 22.4 Å². The van der Waals surface area contributed by atoms with Crippen LogP contribution in [0.15, 0.2) is 81.5 Å². The second kappa shape index (κ2) is 17.7. The van der Waals surface area contributed by atoms with Gasteiger partial charge >= 0.3 is 0 Å². The van der Waals surface area contributed by atoms with Crippen LogP contribution >= 0.6 is 0 Å². The molecule has 6 aromatic rings. The summed E-state index contributed by atoms with van der Waals surface area (Å²) in [4.78, 5) is 17.3. The first-order chi connectivity index (χ1) is 25.9. The maximum Gasteiger partial charge on any atom is 0.164 e. The SMILES string of the molecule is CCC(C)(CC)C(=O)/C=C(\O)C(C)(CC)CC.Cc1oc2ccc(-c3cc(-c4[c-]c5ccccc5c(C(C)(C)C)c4)nc4c(C)coc34)cc2c1CC(C)C.[Ir]. The van der Waals surface area contributed by atoms with Gasteiger partial charge in [-0.1, -0.05) is 117 Å². The summed E-state index contributed by atoms with van der Waals surface area (Å²) >= 11 is 0. The minimum Gasteiger partial charge on any atom is -0.512 e. The average Bonchev–Trinajstić information content (AvgIpc) is 3.70. The van der Waals surface area contributed by atoms with Gasteiger partial charge in [-0.15, -0.1) is 29.1 Å². The summed E-state index contributed by atoms with van der Waals surface area (Å²) in [5.74, 6) is 1.83. The fourth-order valence-corrected chi connectivity index (χ4v) is 7.25. The third-order valence-electron chi connectivity index (χ3n) is 12.1. The summed E-state index contributed by atoms with van der Waals surface area (Å²) in [5, 5.41) is 13.7. The number of aromatic nitrogens is 1. The Kier molecular flexibility index (Phi) is 14.1. The molecule has 3 heterocycles. The predicted molar refractivity (Wildman–Crippen MR) is 231 cm³/mol. The Morgan fingerprint density at radius 1 is 0.875 bits per heavy atom. The van der Waals surface area contributed by atoms with Crippen molar-refractivity contribution in [3.05, 3.63) is 101 Å². The maximum atomic E-state index is 12.2. The van der Waals surface area contributed by atoms with Crippen LogP contribution in [0, 0.1) is 36.7 Å². The summed E-state index contributed by atoms with van der Waals surface area (Å²) in [7, 11) is 0. The van der Waals surface area contributed by atoms with Crippen molar-refractivity contribution >= 4 is 38.6 Å². The molecule has 0 aliphatic rings. The van der Waals surface area contributed by atoms with Crippen LogP contribution in [0.2, 0.25) is 0 Å². The third-order valence-corrected chi connectivity index (χ3v) is 12.1. The molecule has 301 valence electrons. The second-order valence-electron chi connectivity index (χ2n) is 17.4. The topological polar surface area (TPSA) is 76.5 Å². The molecule has 0 spiro atoms. The number of rotatable bonds is 11. The first kappa shape index (κ1) is 44.7. The van der Waals surface area contributed by atoms with Gasteiger partial charge < -0.3 is 13.9 Å². The van der Waals surface area contributed by atoms with E-state index in [0.29, 0.717) is 5.92 Å². The molecule has 6 heteroatoms. The van der Waals surface area contributed by atoms with E-state index >= 15 is 0 Å². The normalized spacial score (nSPS) is 12.6. The molecule has 5 nitrogen and oxygen atoms in total. The van der Waals surface area contributed by atoms with Gasteiger partial charge in [-0.3, -0.25) is 9.78 Å². The van der Waals surface area contributed by atoms with Crippen LogP contribution in [0.25, 0.3) is 55.2 Å². The first-order valence-corrected chi connectivity index (χ1v) is 20.2. The number of benzene rings is 3. The molecule has 0 unspecified atom stereocenters. The summed E-state index contributed by atoms with van der Waals surface area (Å²) in [5.41, 5.74) is 9.66. The van der Waals surface area contributed by atoms with Crippen molar-refractivity contribution in [3.63, 3.8) is 0 Å². The van der Waals surface area contributed by atoms with Crippen LogP contribution < -0.4 is 0 Å². The molecule has 0 amide bonds.